The van der Waals surface area contributed by atoms with Gasteiger partial charge in [0.1, 0.15) is 0 Å². The van der Waals surface area contributed by atoms with Gasteiger partial charge in [-0.15, -0.1) is 0 Å². The molecule has 0 aromatic carbocycles. The van der Waals surface area contributed by atoms with Crippen molar-refractivity contribution in [2.24, 2.45) is 41.4 Å². The third-order valence-corrected chi connectivity index (χ3v) is 5.41. The molecule has 0 aromatic heterocycles. The molecular weight excluding hydrogens is 180 g/mol. The summed E-state index contributed by atoms with van der Waals surface area (Å²) in [6.07, 6.45) is 4.32. The van der Waals surface area contributed by atoms with Crippen molar-refractivity contribution in [2.45, 2.75) is 40.0 Å². The Hall–Kier alpha value is -0.440. The normalized spacial score (nSPS) is 56.3. The molecule has 3 aliphatic rings. The van der Waals surface area contributed by atoms with Crippen LogP contribution in [0.25, 0.3) is 0 Å². The molecule has 3 fully saturated rings. The molecule has 0 aliphatic heterocycles. The Morgan fingerprint density at radius 1 is 0.867 bits per heavy atom. The fourth-order valence-corrected chi connectivity index (χ4v) is 3.86. The summed E-state index contributed by atoms with van der Waals surface area (Å²) in [6, 6.07) is 0. The first-order chi connectivity index (χ1) is 7.18. The molecule has 0 heterocycles. The smallest absolute Gasteiger partial charge is 0.0259 e. The van der Waals surface area contributed by atoms with Gasteiger partial charge in [0, 0.05) is 11.8 Å². The summed E-state index contributed by atoms with van der Waals surface area (Å²) >= 11 is 0. The second kappa shape index (κ2) is 3.27. The van der Waals surface area contributed by atoms with Crippen LogP contribution in [-0.2, 0) is 0 Å². The molecule has 15 heavy (non-hydrogen) atoms. The predicted molar refractivity (Wildman–Crippen MR) is 63.1 cm³/mol. The van der Waals surface area contributed by atoms with Gasteiger partial charge in [-0.1, -0.05) is 32.6 Å². The third-order valence-electron chi connectivity index (χ3n) is 5.41. The highest BCUT2D eigenvalue weighted by Gasteiger charge is 2.50. The predicted octanol–water partition coefficient (Wildman–Crippen LogP) is 3.57. The van der Waals surface area contributed by atoms with Crippen LogP contribution in [-0.4, -0.2) is 0 Å². The van der Waals surface area contributed by atoms with E-state index in [0.29, 0.717) is 0 Å². The molecular formula is C15H22. The standard InChI is InChI=1S/C15H22/c1-9-8-12(9)4-5-13-10(2)14-6-7-15(14)11(13)3/h9-15H,6-8H2,1-3H3. The van der Waals surface area contributed by atoms with E-state index in [0.717, 1.165) is 41.4 Å². The van der Waals surface area contributed by atoms with Gasteiger partial charge in [0.2, 0.25) is 0 Å². The van der Waals surface area contributed by atoms with Crippen molar-refractivity contribution in [3.8, 4) is 11.8 Å². The number of fused-ring (bicyclic) bond motifs is 1. The van der Waals surface area contributed by atoms with Crippen molar-refractivity contribution < 1.29 is 0 Å². The van der Waals surface area contributed by atoms with E-state index >= 15 is 0 Å². The highest BCUT2D eigenvalue weighted by atomic mass is 14.5. The molecule has 6 atom stereocenters. The summed E-state index contributed by atoms with van der Waals surface area (Å²) in [5.74, 6) is 13.3. The van der Waals surface area contributed by atoms with Gasteiger partial charge in [0.05, 0.1) is 0 Å². The Morgan fingerprint density at radius 3 is 1.80 bits per heavy atom. The first-order valence-corrected chi connectivity index (χ1v) is 6.69. The van der Waals surface area contributed by atoms with Crippen LogP contribution in [0.4, 0.5) is 0 Å². The maximum Gasteiger partial charge on any atom is 0.0259 e. The molecule has 3 aliphatic carbocycles. The molecule has 0 N–H and O–H groups in total. The van der Waals surface area contributed by atoms with E-state index in [9.17, 15) is 0 Å². The Labute approximate surface area is 93.8 Å². The molecule has 82 valence electrons. The summed E-state index contributed by atoms with van der Waals surface area (Å²) in [6.45, 7) is 7.20. The minimum atomic E-state index is 0.718. The monoisotopic (exact) mass is 202 g/mol. The highest BCUT2D eigenvalue weighted by Crippen LogP contribution is 2.56. The van der Waals surface area contributed by atoms with E-state index in [1.165, 1.54) is 19.3 Å². The first kappa shape index (κ1) is 9.76. The minimum absolute atomic E-state index is 0.718. The van der Waals surface area contributed by atoms with Crippen molar-refractivity contribution in [3.63, 3.8) is 0 Å². The van der Waals surface area contributed by atoms with Crippen molar-refractivity contribution in [1.29, 1.82) is 0 Å². The molecule has 0 spiro atoms. The fraction of sp³-hybridized carbons (Fsp3) is 0.867. The average Bonchev–Trinajstić information content (AvgIpc) is 2.76. The van der Waals surface area contributed by atoms with Crippen LogP contribution < -0.4 is 0 Å². The van der Waals surface area contributed by atoms with E-state index in [4.69, 9.17) is 0 Å². The van der Waals surface area contributed by atoms with Crippen LogP contribution >= 0.6 is 0 Å². The molecule has 0 bridgehead atoms. The lowest BCUT2D eigenvalue weighted by Gasteiger charge is -2.34. The summed E-state index contributed by atoms with van der Waals surface area (Å²) in [7, 11) is 0. The molecule has 0 amide bonds. The molecule has 0 nitrogen and oxygen atoms in total. The Balaban J connectivity index is 1.71. The average molecular weight is 202 g/mol. The van der Waals surface area contributed by atoms with Crippen LogP contribution in [0.1, 0.15) is 40.0 Å². The van der Waals surface area contributed by atoms with Gasteiger partial charge < -0.3 is 0 Å². The van der Waals surface area contributed by atoms with E-state index < -0.39 is 0 Å². The van der Waals surface area contributed by atoms with Gasteiger partial charge in [0.25, 0.3) is 0 Å². The molecule has 3 saturated carbocycles. The van der Waals surface area contributed by atoms with E-state index in [1.54, 1.807) is 0 Å². The molecule has 0 aromatic rings. The lowest BCUT2D eigenvalue weighted by atomic mass is 9.71. The molecule has 0 saturated heterocycles. The summed E-state index contributed by atoms with van der Waals surface area (Å²) in [5.41, 5.74) is 0. The van der Waals surface area contributed by atoms with Crippen molar-refractivity contribution >= 4 is 0 Å². The van der Waals surface area contributed by atoms with Gasteiger partial charge in [-0.3, -0.25) is 0 Å². The van der Waals surface area contributed by atoms with E-state index in [-0.39, 0.29) is 0 Å². The minimum Gasteiger partial charge on any atom is -0.0993 e. The van der Waals surface area contributed by atoms with Crippen LogP contribution in [0.15, 0.2) is 0 Å². The maximum atomic E-state index is 3.62. The number of hydrogen-bond acceptors (Lipinski definition) is 0. The lowest BCUT2D eigenvalue weighted by molar-refractivity contribution is 0.154. The Kier molecular flexibility index (Phi) is 2.13. The van der Waals surface area contributed by atoms with Gasteiger partial charge in [-0.25, -0.2) is 0 Å². The summed E-state index contributed by atoms with van der Waals surface area (Å²) < 4.78 is 0. The summed E-state index contributed by atoms with van der Waals surface area (Å²) in [5, 5.41) is 0. The van der Waals surface area contributed by atoms with Crippen molar-refractivity contribution in [1.82, 2.24) is 0 Å². The molecule has 3 rings (SSSR count). The van der Waals surface area contributed by atoms with Gasteiger partial charge in [0.15, 0.2) is 0 Å². The zero-order valence-electron chi connectivity index (χ0n) is 10.2. The second-order valence-electron chi connectivity index (χ2n) is 6.26. The largest absolute Gasteiger partial charge is 0.0993 e. The van der Waals surface area contributed by atoms with Crippen LogP contribution in [0, 0.1) is 53.3 Å². The molecule has 0 heteroatoms. The van der Waals surface area contributed by atoms with Crippen LogP contribution in [0.3, 0.4) is 0 Å². The second-order valence-corrected chi connectivity index (χ2v) is 6.26. The number of rotatable bonds is 0. The zero-order chi connectivity index (χ0) is 10.6. The van der Waals surface area contributed by atoms with Gasteiger partial charge in [-0.05, 0) is 48.9 Å². The Morgan fingerprint density at radius 2 is 1.40 bits per heavy atom. The quantitative estimate of drug-likeness (QED) is 0.527. The summed E-state index contributed by atoms with van der Waals surface area (Å²) in [4.78, 5) is 0. The van der Waals surface area contributed by atoms with Gasteiger partial charge >= 0.3 is 0 Å². The van der Waals surface area contributed by atoms with E-state index in [2.05, 4.69) is 32.6 Å². The lowest BCUT2D eigenvalue weighted by Crippen LogP contribution is -2.26. The third kappa shape index (κ3) is 1.43. The van der Waals surface area contributed by atoms with Crippen LogP contribution in [0.5, 0.6) is 0 Å². The van der Waals surface area contributed by atoms with Crippen LogP contribution in [0.2, 0.25) is 0 Å². The molecule has 6 unspecified atom stereocenters. The maximum absolute atomic E-state index is 3.62. The topological polar surface area (TPSA) is 0 Å². The SMILES string of the molecule is CC1CC1C#CC1C(C)C2CCC2C1C. The fourth-order valence-electron chi connectivity index (χ4n) is 3.86. The highest BCUT2D eigenvalue weighted by molar-refractivity contribution is 5.18. The number of hydrogen-bond donors (Lipinski definition) is 0. The van der Waals surface area contributed by atoms with E-state index in [1.807, 2.05) is 0 Å². The van der Waals surface area contributed by atoms with Crippen molar-refractivity contribution in [2.75, 3.05) is 0 Å². The Bertz CT molecular complexity index is 303. The first-order valence-electron chi connectivity index (χ1n) is 6.69. The molecule has 0 radical (unpaired) electrons. The van der Waals surface area contributed by atoms with Gasteiger partial charge in [-0.2, -0.15) is 0 Å². The van der Waals surface area contributed by atoms with Crippen molar-refractivity contribution in [3.05, 3.63) is 0 Å². The zero-order valence-corrected chi connectivity index (χ0v) is 10.2.